The topological polar surface area (TPSA) is 69.7 Å². The number of carbonyl (C=O) groups is 2. The number of benzene rings is 2. The minimum absolute atomic E-state index is 0.123. The maximum atomic E-state index is 12.9. The fourth-order valence-electron chi connectivity index (χ4n) is 2.83. The van der Waals surface area contributed by atoms with Crippen LogP contribution in [0.4, 0.5) is 0 Å². The first kappa shape index (κ1) is 20.8. The number of nitrogens with zero attached hydrogens (tertiary/aromatic N) is 1. The monoisotopic (exact) mass is 424 g/mol. The zero-order valence-corrected chi connectivity index (χ0v) is 17.1. The summed E-state index contributed by atoms with van der Waals surface area (Å²) in [5.74, 6) is -1.08. The SMILES string of the molecule is C=CCOc1ccc(/C=C2\SC(=S)N([C@@H](Cc3ccccc3)C(=O)[O-])C2=O)cc1. The van der Waals surface area contributed by atoms with Gasteiger partial charge in [-0.1, -0.05) is 79.1 Å². The van der Waals surface area contributed by atoms with E-state index in [1.54, 1.807) is 36.4 Å². The summed E-state index contributed by atoms with van der Waals surface area (Å²) < 4.78 is 5.64. The maximum Gasteiger partial charge on any atom is 0.266 e. The second-order valence-electron chi connectivity index (χ2n) is 6.24. The Bertz CT molecular complexity index is 955. The third-order valence-corrected chi connectivity index (χ3v) is 5.56. The number of rotatable bonds is 8. The molecule has 7 heteroatoms. The first-order chi connectivity index (χ1) is 14.0. The Morgan fingerprint density at radius 3 is 2.52 bits per heavy atom. The molecule has 148 valence electrons. The van der Waals surface area contributed by atoms with Crippen molar-refractivity contribution in [1.82, 2.24) is 4.90 Å². The van der Waals surface area contributed by atoms with Crippen LogP contribution in [0.2, 0.25) is 0 Å². The van der Waals surface area contributed by atoms with Crippen LogP contribution < -0.4 is 9.84 Å². The van der Waals surface area contributed by atoms with Crippen molar-refractivity contribution in [3.8, 4) is 5.75 Å². The molecule has 5 nitrogen and oxygen atoms in total. The van der Waals surface area contributed by atoms with Gasteiger partial charge in [-0.15, -0.1) is 0 Å². The van der Waals surface area contributed by atoms with Gasteiger partial charge in [0.2, 0.25) is 0 Å². The molecule has 1 amide bonds. The molecule has 0 radical (unpaired) electrons. The van der Waals surface area contributed by atoms with Gasteiger partial charge in [-0.05, 0) is 35.8 Å². The van der Waals surface area contributed by atoms with Crippen LogP contribution in [0.3, 0.4) is 0 Å². The molecule has 3 rings (SSSR count). The molecule has 0 aromatic heterocycles. The summed E-state index contributed by atoms with van der Waals surface area (Å²) in [6.07, 6.45) is 3.46. The Labute approximate surface area is 178 Å². The summed E-state index contributed by atoms with van der Waals surface area (Å²) >= 11 is 6.38. The molecule has 0 unspecified atom stereocenters. The van der Waals surface area contributed by atoms with Crippen molar-refractivity contribution in [3.63, 3.8) is 0 Å². The van der Waals surface area contributed by atoms with Crippen molar-refractivity contribution in [2.45, 2.75) is 12.5 Å². The molecule has 0 N–H and O–H groups in total. The lowest BCUT2D eigenvalue weighted by Gasteiger charge is -2.27. The Balaban J connectivity index is 1.79. The lowest BCUT2D eigenvalue weighted by atomic mass is 10.0. The summed E-state index contributed by atoms with van der Waals surface area (Å²) in [6.45, 7) is 4.01. The maximum absolute atomic E-state index is 12.9. The molecule has 1 saturated heterocycles. The van der Waals surface area contributed by atoms with Gasteiger partial charge in [0.15, 0.2) is 0 Å². The Kier molecular flexibility index (Phi) is 6.85. The fraction of sp³-hybridized carbons (Fsp3) is 0.136. The van der Waals surface area contributed by atoms with Gasteiger partial charge in [-0.3, -0.25) is 9.69 Å². The summed E-state index contributed by atoms with van der Waals surface area (Å²) in [7, 11) is 0. The lowest BCUT2D eigenvalue weighted by molar-refractivity contribution is -0.310. The number of thioether (sulfide) groups is 1. The fourth-order valence-corrected chi connectivity index (χ4v) is 4.19. The van der Waals surface area contributed by atoms with E-state index in [0.717, 1.165) is 27.8 Å². The third kappa shape index (κ3) is 5.13. The normalized spacial score (nSPS) is 16.1. The van der Waals surface area contributed by atoms with Crippen LogP contribution in [-0.2, 0) is 16.0 Å². The number of aliphatic carboxylic acids is 1. The number of carbonyl (C=O) groups excluding carboxylic acids is 2. The van der Waals surface area contributed by atoms with Crippen molar-refractivity contribution in [1.29, 1.82) is 0 Å². The average molecular weight is 425 g/mol. The van der Waals surface area contributed by atoms with Crippen LogP contribution in [0.5, 0.6) is 5.75 Å². The number of hydrogen-bond donors (Lipinski definition) is 0. The van der Waals surface area contributed by atoms with E-state index in [0.29, 0.717) is 17.3 Å². The van der Waals surface area contributed by atoms with E-state index in [2.05, 4.69) is 6.58 Å². The standard InChI is InChI=1S/C22H19NO4S2/c1-2-12-27-17-10-8-16(9-11-17)14-19-20(24)23(22(28)29-19)18(21(25)26)13-15-6-4-3-5-7-15/h2-11,14,18H,1,12-13H2,(H,25,26)/p-1/b19-14-/t18-/m0/s1. The van der Waals surface area contributed by atoms with Gasteiger partial charge in [-0.25, -0.2) is 0 Å². The average Bonchev–Trinajstić information content (AvgIpc) is 2.99. The molecule has 1 aliphatic rings. The van der Waals surface area contributed by atoms with E-state index in [4.69, 9.17) is 17.0 Å². The van der Waals surface area contributed by atoms with Crippen molar-refractivity contribution in [2.24, 2.45) is 0 Å². The summed E-state index contributed by atoms with van der Waals surface area (Å²) in [4.78, 5) is 26.1. The van der Waals surface area contributed by atoms with Crippen LogP contribution in [0.1, 0.15) is 11.1 Å². The summed E-state index contributed by atoms with van der Waals surface area (Å²) in [6, 6.07) is 15.1. The number of carboxylic acid groups (broad SMARTS) is 1. The van der Waals surface area contributed by atoms with Crippen LogP contribution in [0.15, 0.2) is 72.2 Å². The first-order valence-corrected chi connectivity index (χ1v) is 10.1. The second kappa shape index (κ2) is 9.54. The van der Waals surface area contributed by atoms with Gasteiger partial charge in [0.25, 0.3) is 5.91 Å². The zero-order valence-electron chi connectivity index (χ0n) is 15.4. The van der Waals surface area contributed by atoms with Crippen molar-refractivity contribution >= 4 is 46.3 Å². The molecule has 2 aromatic carbocycles. The number of hydrogen-bond acceptors (Lipinski definition) is 6. The lowest BCUT2D eigenvalue weighted by Crippen LogP contribution is -2.51. The minimum Gasteiger partial charge on any atom is -0.548 e. The van der Waals surface area contributed by atoms with E-state index >= 15 is 0 Å². The Morgan fingerprint density at radius 1 is 1.21 bits per heavy atom. The molecule has 29 heavy (non-hydrogen) atoms. The molecule has 1 aliphatic heterocycles. The van der Waals surface area contributed by atoms with Crippen LogP contribution in [0, 0.1) is 0 Å². The second-order valence-corrected chi connectivity index (χ2v) is 7.92. The van der Waals surface area contributed by atoms with Crippen molar-refractivity contribution in [2.75, 3.05) is 6.61 Å². The van der Waals surface area contributed by atoms with Gasteiger partial charge >= 0.3 is 0 Å². The highest BCUT2D eigenvalue weighted by molar-refractivity contribution is 8.26. The third-order valence-electron chi connectivity index (χ3n) is 4.22. The number of thiocarbonyl (C=S) groups is 1. The van der Waals surface area contributed by atoms with Crippen LogP contribution in [-0.4, -0.2) is 33.7 Å². The molecule has 1 heterocycles. The summed E-state index contributed by atoms with van der Waals surface area (Å²) in [5, 5.41) is 11.8. The van der Waals surface area contributed by atoms with Crippen molar-refractivity contribution < 1.29 is 19.4 Å². The number of amides is 1. The molecule has 0 spiro atoms. The zero-order chi connectivity index (χ0) is 20.8. The number of carboxylic acids is 1. The van der Waals surface area contributed by atoms with Crippen LogP contribution >= 0.6 is 24.0 Å². The molecular formula is C22H18NO4S2-. The molecule has 0 bridgehead atoms. The highest BCUT2D eigenvalue weighted by Crippen LogP contribution is 2.34. The van der Waals surface area contributed by atoms with Gasteiger partial charge in [0.05, 0.1) is 16.9 Å². The smallest absolute Gasteiger partial charge is 0.266 e. The summed E-state index contributed by atoms with van der Waals surface area (Å²) in [5.41, 5.74) is 1.57. The molecule has 0 aliphatic carbocycles. The Morgan fingerprint density at radius 2 is 1.90 bits per heavy atom. The van der Waals surface area contributed by atoms with E-state index in [1.807, 2.05) is 30.3 Å². The van der Waals surface area contributed by atoms with Crippen LogP contribution in [0.25, 0.3) is 6.08 Å². The van der Waals surface area contributed by atoms with E-state index in [1.165, 1.54) is 0 Å². The molecule has 0 saturated carbocycles. The van der Waals surface area contributed by atoms with Gasteiger partial charge in [0, 0.05) is 0 Å². The van der Waals surface area contributed by atoms with E-state index in [-0.39, 0.29) is 10.7 Å². The molecule has 1 fully saturated rings. The minimum atomic E-state index is -1.34. The van der Waals surface area contributed by atoms with Gasteiger partial charge < -0.3 is 14.6 Å². The van der Waals surface area contributed by atoms with Gasteiger partial charge in [-0.2, -0.15) is 0 Å². The predicted molar refractivity (Wildman–Crippen MR) is 116 cm³/mol. The highest BCUT2D eigenvalue weighted by atomic mass is 32.2. The Hall–Kier alpha value is -2.90. The molecular weight excluding hydrogens is 406 g/mol. The van der Waals surface area contributed by atoms with E-state index < -0.39 is 17.9 Å². The molecule has 1 atom stereocenters. The predicted octanol–water partition coefficient (Wildman–Crippen LogP) is 2.81. The quantitative estimate of drug-likeness (QED) is 0.369. The molecule has 2 aromatic rings. The highest BCUT2D eigenvalue weighted by Gasteiger charge is 2.37. The van der Waals surface area contributed by atoms with Gasteiger partial charge in [0.1, 0.15) is 16.7 Å². The number of ether oxygens (including phenoxy) is 1. The van der Waals surface area contributed by atoms with E-state index in [9.17, 15) is 14.7 Å². The van der Waals surface area contributed by atoms with Crippen molar-refractivity contribution in [3.05, 3.63) is 83.3 Å². The largest absolute Gasteiger partial charge is 0.548 e. The first-order valence-electron chi connectivity index (χ1n) is 8.85.